The van der Waals surface area contributed by atoms with Crippen molar-refractivity contribution >= 4 is 17.3 Å². The van der Waals surface area contributed by atoms with Gasteiger partial charge in [0, 0.05) is 5.38 Å². The second kappa shape index (κ2) is 6.10. The molecule has 0 saturated carbocycles. The van der Waals surface area contributed by atoms with Crippen LogP contribution in [0.3, 0.4) is 0 Å². The van der Waals surface area contributed by atoms with Crippen molar-refractivity contribution in [2.24, 2.45) is 0 Å². The van der Waals surface area contributed by atoms with E-state index in [1.165, 1.54) is 29.5 Å². The molecule has 1 fully saturated rings. The van der Waals surface area contributed by atoms with Crippen LogP contribution in [-0.2, 0) is 11.3 Å². The van der Waals surface area contributed by atoms with Crippen molar-refractivity contribution in [3.63, 3.8) is 0 Å². The summed E-state index contributed by atoms with van der Waals surface area (Å²) < 4.78 is 27.5. The van der Waals surface area contributed by atoms with Crippen molar-refractivity contribution in [2.75, 3.05) is 6.54 Å². The molecule has 2 aromatic rings. The van der Waals surface area contributed by atoms with Gasteiger partial charge in [-0.05, 0) is 31.5 Å². The highest BCUT2D eigenvalue weighted by molar-refractivity contribution is 7.09. The summed E-state index contributed by atoms with van der Waals surface area (Å²) in [5.74, 6) is -2.14. The van der Waals surface area contributed by atoms with E-state index in [9.17, 15) is 13.6 Å². The highest BCUT2D eigenvalue weighted by Crippen LogP contribution is 2.29. The third kappa shape index (κ3) is 2.86. The average molecular weight is 324 g/mol. The molecular weight excluding hydrogens is 310 g/mol. The third-order valence-electron chi connectivity index (χ3n) is 3.76. The zero-order valence-corrected chi connectivity index (χ0v) is 12.4. The first kappa shape index (κ1) is 15.1. The lowest BCUT2D eigenvalue weighted by Gasteiger charge is -2.19. The summed E-state index contributed by atoms with van der Waals surface area (Å²) in [5, 5.41) is 11.4. The number of rotatable bonds is 4. The number of halogens is 2. The first-order valence-corrected chi connectivity index (χ1v) is 7.80. The maximum atomic E-state index is 13.8. The van der Waals surface area contributed by atoms with E-state index < -0.39 is 23.6 Å². The lowest BCUT2D eigenvalue weighted by atomic mass is 10.1. The number of benzene rings is 1. The Hall–Kier alpha value is -1.86. The normalized spacial score (nSPS) is 18.7. The molecule has 1 aromatic carbocycles. The van der Waals surface area contributed by atoms with Crippen molar-refractivity contribution in [1.82, 2.24) is 9.88 Å². The van der Waals surface area contributed by atoms with Gasteiger partial charge in [0.15, 0.2) is 0 Å². The highest BCUT2D eigenvalue weighted by Gasteiger charge is 2.31. The summed E-state index contributed by atoms with van der Waals surface area (Å²) in [7, 11) is 0. The topological polar surface area (TPSA) is 53.4 Å². The second-order valence-corrected chi connectivity index (χ2v) is 6.13. The van der Waals surface area contributed by atoms with Crippen LogP contribution in [-0.4, -0.2) is 33.5 Å². The largest absolute Gasteiger partial charge is 0.480 e. The Morgan fingerprint density at radius 3 is 2.82 bits per heavy atom. The molecule has 0 aliphatic carbocycles. The van der Waals surface area contributed by atoms with E-state index in [1.54, 1.807) is 5.38 Å². The summed E-state index contributed by atoms with van der Waals surface area (Å²) in [6, 6.07) is 3.19. The monoisotopic (exact) mass is 324 g/mol. The molecule has 1 N–H and O–H groups in total. The van der Waals surface area contributed by atoms with E-state index in [1.807, 2.05) is 4.90 Å². The van der Waals surface area contributed by atoms with E-state index in [4.69, 9.17) is 5.11 Å². The molecule has 1 atom stereocenters. The number of carboxylic acids is 1. The number of carboxylic acid groups (broad SMARTS) is 1. The lowest BCUT2D eigenvalue weighted by molar-refractivity contribution is -0.142. The van der Waals surface area contributed by atoms with E-state index in [0.717, 1.165) is 6.42 Å². The van der Waals surface area contributed by atoms with Gasteiger partial charge in [0.1, 0.15) is 22.7 Å². The van der Waals surface area contributed by atoms with Gasteiger partial charge in [-0.25, -0.2) is 13.8 Å². The fourth-order valence-electron chi connectivity index (χ4n) is 2.71. The molecular formula is C15H14F2N2O2S. The van der Waals surface area contributed by atoms with Crippen LogP contribution in [0, 0.1) is 11.6 Å². The minimum absolute atomic E-state index is 0.138. The molecule has 1 saturated heterocycles. The van der Waals surface area contributed by atoms with Gasteiger partial charge in [-0.2, -0.15) is 0 Å². The van der Waals surface area contributed by atoms with Gasteiger partial charge in [-0.1, -0.05) is 6.07 Å². The van der Waals surface area contributed by atoms with Crippen LogP contribution in [0.15, 0.2) is 23.6 Å². The number of carbonyl (C=O) groups is 1. The average Bonchev–Trinajstić information content (AvgIpc) is 3.09. The zero-order valence-electron chi connectivity index (χ0n) is 11.6. The first-order chi connectivity index (χ1) is 10.6. The highest BCUT2D eigenvalue weighted by atomic mass is 32.1. The van der Waals surface area contributed by atoms with Crippen molar-refractivity contribution in [1.29, 1.82) is 0 Å². The molecule has 0 amide bonds. The van der Waals surface area contributed by atoms with Gasteiger partial charge in [-0.3, -0.25) is 9.69 Å². The van der Waals surface area contributed by atoms with Gasteiger partial charge >= 0.3 is 5.97 Å². The molecule has 116 valence electrons. The number of aromatic nitrogens is 1. The first-order valence-electron chi connectivity index (χ1n) is 6.92. The zero-order chi connectivity index (χ0) is 15.7. The molecule has 3 rings (SSSR count). The molecule has 0 radical (unpaired) electrons. The van der Waals surface area contributed by atoms with Crippen LogP contribution in [0.5, 0.6) is 0 Å². The van der Waals surface area contributed by atoms with Gasteiger partial charge in [-0.15, -0.1) is 11.3 Å². The molecule has 1 aliphatic rings. The summed E-state index contributed by atoms with van der Waals surface area (Å²) in [6.45, 7) is 1.08. The van der Waals surface area contributed by atoms with E-state index >= 15 is 0 Å². The Balaban J connectivity index is 1.81. The van der Waals surface area contributed by atoms with Crippen molar-refractivity contribution in [3.8, 4) is 11.3 Å². The Kier molecular flexibility index (Phi) is 4.17. The standard InChI is InChI=1S/C15H14F2N2O2S/c16-9-3-1-4-10(17)14(9)11-8-22-13(18-11)7-19-6-2-5-12(19)15(20)21/h1,3-4,8,12H,2,5-7H2,(H,20,21)/t12-/m0/s1. The SMILES string of the molecule is O=C(O)[C@@H]1CCCN1Cc1nc(-c2c(F)cccc2F)cs1. The van der Waals surface area contributed by atoms with E-state index in [2.05, 4.69) is 4.98 Å². The predicted octanol–water partition coefficient (Wildman–Crippen LogP) is 3.14. The third-order valence-corrected chi connectivity index (χ3v) is 4.59. The van der Waals surface area contributed by atoms with Gasteiger partial charge in [0.25, 0.3) is 0 Å². The predicted molar refractivity (Wildman–Crippen MR) is 78.5 cm³/mol. The lowest BCUT2D eigenvalue weighted by Crippen LogP contribution is -2.35. The quantitative estimate of drug-likeness (QED) is 0.939. The Bertz CT molecular complexity index is 684. The van der Waals surface area contributed by atoms with Crippen molar-refractivity contribution in [3.05, 3.63) is 40.2 Å². The summed E-state index contributed by atoms with van der Waals surface area (Å²) in [4.78, 5) is 17.3. The Morgan fingerprint density at radius 1 is 1.41 bits per heavy atom. The number of likely N-dealkylation sites (tertiary alicyclic amines) is 1. The van der Waals surface area contributed by atoms with Gasteiger partial charge in [0.2, 0.25) is 0 Å². The molecule has 1 aromatic heterocycles. The fraction of sp³-hybridized carbons (Fsp3) is 0.333. The van der Waals surface area contributed by atoms with Crippen LogP contribution in [0.4, 0.5) is 8.78 Å². The molecule has 1 aliphatic heterocycles. The van der Waals surface area contributed by atoms with Crippen LogP contribution < -0.4 is 0 Å². The molecule has 2 heterocycles. The van der Waals surface area contributed by atoms with Gasteiger partial charge in [0.05, 0.1) is 17.8 Å². The van der Waals surface area contributed by atoms with Crippen LogP contribution >= 0.6 is 11.3 Å². The number of aliphatic carboxylic acids is 1. The summed E-state index contributed by atoms with van der Waals surface area (Å²) in [5.41, 5.74) is 0.114. The molecule has 4 nitrogen and oxygen atoms in total. The maximum Gasteiger partial charge on any atom is 0.320 e. The van der Waals surface area contributed by atoms with E-state index in [0.29, 0.717) is 24.5 Å². The number of nitrogens with zero attached hydrogens (tertiary/aromatic N) is 2. The van der Waals surface area contributed by atoms with Crippen molar-refractivity contribution in [2.45, 2.75) is 25.4 Å². The number of thiazole rings is 1. The second-order valence-electron chi connectivity index (χ2n) is 5.19. The molecule has 22 heavy (non-hydrogen) atoms. The fourth-order valence-corrected chi connectivity index (χ4v) is 3.52. The number of hydrogen-bond acceptors (Lipinski definition) is 4. The molecule has 0 spiro atoms. The minimum Gasteiger partial charge on any atom is -0.480 e. The molecule has 0 bridgehead atoms. The Labute approximate surface area is 130 Å². The minimum atomic E-state index is -0.838. The summed E-state index contributed by atoms with van der Waals surface area (Å²) in [6.07, 6.45) is 1.45. The van der Waals surface area contributed by atoms with Crippen LogP contribution in [0.1, 0.15) is 17.8 Å². The van der Waals surface area contributed by atoms with Crippen molar-refractivity contribution < 1.29 is 18.7 Å². The van der Waals surface area contributed by atoms with Gasteiger partial charge < -0.3 is 5.11 Å². The van der Waals surface area contributed by atoms with Crippen LogP contribution in [0.2, 0.25) is 0 Å². The van der Waals surface area contributed by atoms with E-state index in [-0.39, 0.29) is 11.3 Å². The maximum absolute atomic E-state index is 13.8. The smallest absolute Gasteiger partial charge is 0.320 e. The molecule has 7 heteroatoms. The number of hydrogen-bond donors (Lipinski definition) is 1. The molecule has 0 unspecified atom stereocenters. The van der Waals surface area contributed by atoms with Crippen LogP contribution in [0.25, 0.3) is 11.3 Å². The summed E-state index contributed by atoms with van der Waals surface area (Å²) >= 11 is 1.28. The Morgan fingerprint density at radius 2 is 2.14 bits per heavy atom.